The first-order chi connectivity index (χ1) is 15.7. The van der Waals surface area contributed by atoms with Crippen LogP contribution in [0.2, 0.25) is 0 Å². The summed E-state index contributed by atoms with van der Waals surface area (Å²) in [6, 6.07) is 14.2. The molecule has 1 fully saturated rings. The number of carboxylic acids is 1. The van der Waals surface area contributed by atoms with E-state index in [4.69, 9.17) is 4.74 Å². The molecule has 1 heterocycles. The molecular formula is C24H32N2O6S. The van der Waals surface area contributed by atoms with Crippen LogP contribution in [0.5, 0.6) is 5.75 Å². The van der Waals surface area contributed by atoms with Crippen LogP contribution in [0.4, 0.5) is 0 Å². The Bertz CT molecular complexity index is 1010. The van der Waals surface area contributed by atoms with Gasteiger partial charge in [-0.3, -0.25) is 4.79 Å². The first-order valence-electron chi connectivity index (χ1n) is 11.2. The molecule has 1 aliphatic rings. The molecule has 0 aliphatic carbocycles. The van der Waals surface area contributed by atoms with Gasteiger partial charge in [-0.15, -0.1) is 0 Å². The van der Waals surface area contributed by atoms with Crippen molar-refractivity contribution in [3.63, 3.8) is 0 Å². The van der Waals surface area contributed by atoms with E-state index in [1.807, 2.05) is 30.3 Å². The number of piperidine rings is 1. The molecule has 0 bridgehead atoms. The highest BCUT2D eigenvalue weighted by atomic mass is 32.2. The van der Waals surface area contributed by atoms with Gasteiger partial charge in [-0.2, -0.15) is 4.31 Å². The topological polar surface area (TPSA) is 116 Å². The SMILES string of the molecule is CCCCNC[C@]1(O)CCN(S(=O)(=O)c2ccc(OCc3ccccc3)cc2)[C@@H](C(=O)O)C1. The molecule has 0 amide bonds. The first-order valence-corrected chi connectivity index (χ1v) is 12.6. The summed E-state index contributed by atoms with van der Waals surface area (Å²) in [5, 5.41) is 23.7. The number of hydrogen-bond donors (Lipinski definition) is 3. The van der Waals surface area contributed by atoms with E-state index >= 15 is 0 Å². The van der Waals surface area contributed by atoms with E-state index in [1.54, 1.807) is 12.1 Å². The van der Waals surface area contributed by atoms with Crippen molar-refractivity contribution in [1.82, 2.24) is 9.62 Å². The Hall–Kier alpha value is -2.46. The van der Waals surface area contributed by atoms with Gasteiger partial charge in [0, 0.05) is 19.5 Å². The summed E-state index contributed by atoms with van der Waals surface area (Å²) >= 11 is 0. The minimum Gasteiger partial charge on any atom is -0.489 e. The second kappa shape index (κ2) is 11.1. The molecule has 0 aromatic heterocycles. The maximum absolute atomic E-state index is 13.2. The molecule has 0 unspecified atom stereocenters. The van der Waals surface area contributed by atoms with Gasteiger partial charge >= 0.3 is 5.97 Å². The molecule has 0 spiro atoms. The number of hydrogen-bond acceptors (Lipinski definition) is 6. The van der Waals surface area contributed by atoms with Crippen LogP contribution in [0, 0.1) is 0 Å². The zero-order chi connectivity index (χ0) is 23.9. The standard InChI is InChI=1S/C24H32N2O6S/c1-2-3-14-25-18-24(29)13-15-26(22(16-24)23(27)28)33(30,31)21-11-9-20(10-12-21)32-17-19-7-5-4-6-8-19/h4-12,22,25,29H,2-3,13-18H2,1H3,(H,27,28)/t22-,24+/m1/s1. The number of carbonyl (C=O) groups is 1. The van der Waals surface area contributed by atoms with E-state index in [0.717, 1.165) is 29.3 Å². The van der Waals surface area contributed by atoms with Crippen molar-refractivity contribution in [2.75, 3.05) is 19.6 Å². The highest BCUT2D eigenvalue weighted by molar-refractivity contribution is 7.89. The number of ether oxygens (including phenoxy) is 1. The average molecular weight is 477 g/mol. The molecule has 3 rings (SSSR count). The minimum atomic E-state index is -4.05. The molecule has 2 aromatic carbocycles. The lowest BCUT2D eigenvalue weighted by molar-refractivity contribution is -0.146. The van der Waals surface area contributed by atoms with E-state index in [-0.39, 0.29) is 30.8 Å². The molecule has 3 N–H and O–H groups in total. The Morgan fingerprint density at radius 2 is 1.88 bits per heavy atom. The van der Waals surface area contributed by atoms with Gasteiger partial charge in [0.25, 0.3) is 0 Å². The van der Waals surface area contributed by atoms with E-state index < -0.39 is 27.6 Å². The molecule has 0 radical (unpaired) electrons. The predicted octanol–water partition coefficient (Wildman–Crippen LogP) is 2.62. The van der Waals surface area contributed by atoms with Gasteiger partial charge < -0.3 is 20.3 Å². The predicted molar refractivity (Wildman–Crippen MR) is 124 cm³/mol. The lowest BCUT2D eigenvalue weighted by Crippen LogP contribution is -2.58. The number of rotatable bonds is 11. The van der Waals surface area contributed by atoms with Crippen molar-refractivity contribution in [2.45, 2.75) is 55.8 Å². The van der Waals surface area contributed by atoms with Crippen LogP contribution in [-0.2, 0) is 21.4 Å². The molecule has 2 atom stereocenters. The number of aliphatic hydroxyl groups is 1. The molecule has 33 heavy (non-hydrogen) atoms. The summed E-state index contributed by atoms with van der Waals surface area (Å²) in [6.07, 6.45) is 1.95. The van der Waals surface area contributed by atoms with Crippen LogP contribution in [-0.4, -0.2) is 60.2 Å². The van der Waals surface area contributed by atoms with Crippen LogP contribution in [0.1, 0.15) is 38.2 Å². The Morgan fingerprint density at radius 3 is 2.52 bits per heavy atom. The fourth-order valence-electron chi connectivity index (χ4n) is 3.90. The van der Waals surface area contributed by atoms with Crippen LogP contribution in [0.3, 0.4) is 0 Å². The number of carboxylic acid groups (broad SMARTS) is 1. The van der Waals surface area contributed by atoms with Gasteiger partial charge in [0.05, 0.1) is 10.5 Å². The third-order valence-electron chi connectivity index (χ3n) is 5.84. The molecule has 1 aliphatic heterocycles. The largest absolute Gasteiger partial charge is 0.489 e. The Balaban J connectivity index is 1.68. The Kier molecular flexibility index (Phi) is 8.47. The van der Waals surface area contributed by atoms with E-state index in [2.05, 4.69) is 12.2 Å². The number of nitrogens with one attached hydrogen (secondary N) is 1. The maximum atomic E-state index is 13.2. The summed E-state index contributed by atoms with van der Waals surface area (Å²) in [4.78, 5) is 11.9. The zero-order valence-electron chi connectivity index (χ0n) is 18.8. The fraction of sp³-hybridized carbons (Fsp3) is 0.458. The van der Waals surface area contributed by atoms with Gasteiger partial charge in [0.15, 0.2) is 0 Å². The number of aliphatic carboxylic acids is 1. The van der Waals surface area contributed by atoms with Crippen molar-refractivity contribution in [1.29, 1.82) is 0 Å². The quantitative estimate of drug-likeness (QED) is 0.427. The van der Waals surface area contributed by atoms with Gasteiger partial charge in [0.2, 0.25) is 10.0 Å². The summed E-state index contributed by atoms with van der Waals surface area (Å²) in [7, 11) is -4.05. The van der Waals surface area contributed by atoms with Crippen molar-refractivity contribution in [3.05, 3.63) is 60.2 Å². The lowest BCUT2D eigenvalue weighted by Gasteiger charge is -2.41. The van der Waals surface area contributed by atoms with Gasteiger partial charge in [-0.05, 0) is 49.2 Å². The van der Waals surface area contributed by atoms with E-state index in [1.165, 1.54) is 12.1 Å². The van der Waals surface area contributed by atoms with Gasteiger partial charge in [-0.1, -0.05) is 43.7 Å². The number of sulfonamides is 1. The van der Waals surface area contributed by atoms with Crippen LogP contribution in [0.15, 0.2) is 59.5 Å². The van der Waals surface area contributed by atoms with E-state index in [0.29, 0.717) is 12.4 Å². The zero-order valence-corrected chi connectivity index (χ0v) is 19.6. The maximum Gasteiger partial charge on any atom is 0.322 e. The van der Waals surface area contributed by atoms with Crippen molar-refractivity contribution < 1.29 is 28.2 Å². The summed E-state index contributed by atoms with van der Waals surface area (Å²) in [5.74, 6) is -0.758. The summed E-state index contributed by atoms with van der Waals surface area (Å²) in [5.41, 5.74) is -0.277. The lowest BCUT2D eigenvalue weighted by atomic mass is 9.87. The molecule has 9 heteroatoms. The smallest absolute Gasteiger partial charge is 0.322 e. The number of nitrogens with zero attached hydrogens (tertiary/aromatic N) is 1. The second-order valence-corrected chi connectivity index (χ2v) is 10.3. The second-order valence-electron chi connectivity index (χ2n) is 8.42. The number of unbranched alkanes of at least 4 members (excludes halogenated alkanes) is 1. The highest BCUT2D eigenvalue weighted by Crippen LogP contribution is 2.32. The average Bonchev–Trinajstić information content (AvgIpc) is 2.81. The van der Waals surface area contributed by atoms with Crippen molar-refractivity contribution >= 4 is 16.0 Å². The van der Waals surface area contributed by atoms with E-state index in [9.17, 15) is 23.4 Å². The highest BCUT2D eigenvalue weighted by Gasteiger charge is 2.46. The van der Waals surface area contributed by atoms with Gasteiger partial charge in [-0.25, -0.2) is 8.42 Å². The molecule has 0 saturated carbocycles. The third kappa shape index (κ3) is 6.54. The third-order valence-corrected chi connectivity index (χ3v) is 7.77. The van der Waals surface area contributed by atoms with Crippen molar-refractivity contribution in [2.24, 2.45) is 0 Å². The molecular weight excluding hydrogens is 444 g/mol. The van der Waals surface area contributed by atoms with Crippen LogP contribution in [0.25, 0.3) is 0 Å². The molecule has 2 aromatic rings. The summed E-state index contributed by atoms with van der Waals surface area (Å²) < 4.78 is 33.1. The van der Waals surface area contributed by atoms with Crippen LogP contribution < -0.4 is 10.1 Å². The Morgan fingerprint density at radius 1 is 1.18 bits per heavy atom. The molecule has 8 nitrogen and oxygen atoms in total. The first kappa shape index (κ1) is 25.2. The fourth-order valence-corrected chi connectivity index (χ4v) is 5.49. The minimum absolute atomic E-state index is 0.00711. The molecule has 1 saturated heterocycles. The summed E-state index contributed by atoms with van der Waals surface area (Å²) in [6.45, 7) is 3.29. The monoisotopic (exact) mass is 476 g/mol. The Labute approximate surface area is 195 Å². The number of benzene rings is 2. The van der Waals surface area contributed by atoms with Crippen LogP contribution >= 0.6 is 0 Å². The van der Waals surface area contributed by atoms with Crippen molar-refractivity contribution in [3.8, 4) is 5.75 Å². The van der Waals surface area contributed by atoms with Gasteiger partial charge in [0.1, 0.15) is 18.4 Å². The normalized spacial score (nSPS) is 21.6. The molecule has 180 valence electrons.